The summed E-state index contributed by atoms with van der Waals surface area (Å²) in [6.07, 6.45) is 0.901. The number of benzene rings is 1. The number of guanidine groups is 1. The number of fused-ring (bicyclic) bond motifs is 1. The highest BCUT2D eigenvalue weighted by Crippen LogP contribution is 2.18. The van der Waals surface area contributed by atoms with Gasteiger partial charge in [-0.1, -0.05) is 24.3 Å². The predicted molar refractivity (Wildman–Crippen MR) is 105 cm³/mol. The standard InChI is InChI=1S/C20H29N5O2/c1-3-21-20(24-12-10-23(11-13-24)16(2)26)22-14-19(27)25-9-8-17-6-4-5-7-18(17)15-25/h4-7H,3,8-15H2,1-2H3,(H,21,22). The van der Waals surface area contributed by atoms with E-state index in [0.29, 0.717) is 19.6 Å². The fraction of sp³-hybridized carbons (Fsp3) is 0.550. The fourth-order valence-corrected chi connectivity index (χ4v) is 3.61. The number of nitrogens with zero attached hydrogens (tertiary/aromatic N) is 4. The van der Waals surface area contributed by atoms with Crippen LogP contribution >= 0.6 is 0 Å². The molecule has 7 heteroatoms. The molecule has 0 saturated carbocycles. The highest BCUT2D eigenvalue weighted by molar-refractivity contribution is 5.85. The normalized spacial score (nSPS) is 17.6. The molecule has 0 unspecified atom stereocenters. The van der Waals surface area contributed by atoms with E-state index < -0.39 is 0 Å². The van der Waals surface area contributed by atoms with Crippen LogP contribution < -0.4 is 5.32 Å². The predicted octanol–water partition coefficient (Wildman–Crippen LogP) is 0.701. The Labute approximate surface area is 161 Å². The first-order valence-corrected chi connectivity index (χ1v) is 9.71. The lowest BCUT2D eigenvalue weighted by atomic mass is 10.00. The summed E-state index contributed by atoms with van der Waals surface area (Å²) in [6, 6.07) is 8.31. The molecule has 2 aliphatic rings. The van der Waals surface area contributed by atoms with E-state index in [2.05, 4.69) is 33.4 Å². The first-order valence-electron chi connectivity index (χ1n) is 9.71. The molecule has 1 N–H and O–H groups in total. The number of piperazine rings is 1. The molecular weight excluding hydrogens is 342 g/mol. The Morgan fingerprint density at radius 3 is 2.33 bits per heavy atom. The van der Waals surface area contributed by atoms with Crippen molar-refractivity contribution in [1.82, 2.24) is 20.0 Å². The Kier molecular flexibility index (Phi) is 6.32. The molecule has 0 aliphatic carbocycles. The Morgan fingerprint density at radius 1 is 1.00 bits per heavy atom. The van der Waals surface area contributed by atoms with Gasteiger partial charge in [-0.05, 0) is 24.5 Å². The van der Waals surface area contributed by atoms with Gasteiger partial charge in [-0.3, -0.25) is 9.59 Å². The topological polar surface area (TPSA) is 68.2 Å². The van der Waals surface area contributed by atoms with E-state index in [1.807, 2.05) is 22.8 Å². The third-order valence-electron chi connectivity index (χ3n) is 5.21. The molecule has 1 fully saturated rings. The second-order valence-electron chi connectivity index (χ2n) is 7.00. The van der Waals surface area contributed by atoms with Gasteiger partial charge < -0.3 is 20.0 Å². The lowest BCUT2D eigenvalue weighted by Gasteiger charge is -2.36. The van der Waals surface area contributed by atoms with E-state index in [9.17, 15) is 9.59 Å². The van der Waals surface area contributed by atoms with Gasteiger partial charge in [0.05, 0.1) is 0 Å². The molecule has 2 heterocycles. The number of amides is 2. The van der Waals surface area contributed by atoms with Gasteiger partial charge in [0, 0.05) is 52.7 Å². The zero-order valence-corrected chi connectivity index (χ0v) is 16.3. The number of carbonyl (C=O) groups is 2. The first kappa shape index (κ1) is 19.2. The first-order chi connectivity index (χ1) is 13.1. The Balaban J connectivity index is 1.58. The second kappa shape index (κ2) is 8.88. The average Bonchev–Trinajstić information content (AvgIpc) is 2.70. The highest BCUT2D eigenvalue weighted by atomic mass is 16.2. The molecule has 1 aromatic rings. The van der Waals surface area contributed by atoms with Crippen molar-refractivity contribution in [3.8, 4) is 0 Å². The molecule has 7 nitrogen and oxygen atoms in total. The van der Waals surface area contributed by atoms with Crippen molar-refractivity contribution in [3.05, 3.63) is 35.4 Å². The Hall–Kier alpha value is -2.57. The smallest absolute Gasteiger partial charge is 0.244 e. The van der Waals surface area contributed by atoms with E-state index in [-0.39, 0.29) is 18.4 Å². The third-order valence-corrected chi connectivity index (χ3v) is 5.21. The maximum absolute atomic E-state index is 12.7. The van der Waals surface area contributed by atoms with Crippen LogP contribution in [0, 0.1) is 0 Å². The minimum absolute atomic E-state index is 0.0577. The van der Waals surface area contributed by atoms with Crippen LogP contribution in [0.5, 0.6) is 0 Å². The molecule has 2 amide bonds. The second-order valence-corrected chi connectivity index (χ2v) is 7.00. The van der Waals surface area contributed by atoms with Crippen LogP contribution in [0.3, 0.4) is 0 Å². The Morgan fingerprint density at radius 2 is 1.67 bits per heavy atom. The van der Waals surface area contributed by atoms with Crippen LogP contribution in [0.1, 0.15) is 25.0 Å². The van der Waals surface area contributed by atoms with E-state index in [0.717, 1.165) is 38.6 Å². The zero-order valence-electron chi connectivity index (χ0n) is 16.3. The van der Waals surface area contributed by atoms with Gasteiger partial charge in [0.15, 0.2) is 5.96 Å². The van der Waals surface area contributed by atoms with E-state index in [1.165, 1.54) is 11.1 Å². The van der Waals surface area contributed by atoms with Crippen LogP contribution in [-0.2, 0) is 22.6 Å². The Bertz CT molecular complexity index is 710. The van der Waals surface area contributed by atoms with E-state index >= 15 is 0 Å². The van der Waals surface area contributed by atoms with Crippen LogP contribution in [0.2, 0.25) is 0 Å². The number of rotatable bonds is 3. The maximum atomic E-state index is 12.7. The van der Waals surface area contributed by atoms with Crippen molar-refractivity contribution in [2.24, 2.45) is 4.99 Å². The third kappa shape index (κ3) is 4.78. The summed E-state index contributed by atoms with van der Waals surface area (Å²) in [5.74, 6) is 0.922. The van der Waals surface area contributed by atoms with Gasteiger partial charge in [0.2, 0.25) is 11.8 Å². The number of aliphatic imine (C=N–C) groups is 1. The van der Waals surface area contributed by atoms with Crippen LogP contribution in [0.4, 0.5) is 0 Å². The fourth-order valence-electron chi connectivity index (χ4n) is 3.61. The van der Waals surface area contributed by atoms with E-state index in [1.54, 1.807) is 6.92 Å². The van der Waals surface area contributed by atoms with Crippen molar-refractivity contribution >= 4 is 17.8 Å². The molecule has 0 spiro atoms. The van der Waals surface area contributed by atoms with Gasteiger partial charge >= 0.3 is 0 Å². The van der Waals surface area contributed by atoms with Crippen molar-refractivity contribution in [1.29, 1.82) is 0 Å². The summed E-state index contributed by atoms with van der Waals surface area (Å²) in [4.78, 5) is 34.6. The van der Waals surface area contributed by atoms with Crippen LogP contribution in [0.25, 0.3) is 0 Å². The minimum Gasteiger partial charge on any atom is -0.357 e. The minimum atomic E-state index is 0.0577. The molecule has 3 rings (SSSR count). The summed E-state index contributed by atoms with van der Waals surface area (Å²) >= 11 is 0. The van der Waals surface area contributed by atoms with Crippen molar-refractivity contribution in [2.45, 2.75) is 26.8 Å². The molecule has 2 aliphatic heterocycles. The molecule has 1 saturated heterocycles. The molecule has 146 valence electrons. The summed E-state index contributed by atoms with van der Waals surface area (Å²) in [7, 11) is 0. The molecule has 0 bridgehead atoms. The number of hydrogen-bond acceptors (Lipinski definition) is 3. The van der Waals surface area contributed by atoms with Gasteiger partial charge in [0.25, 0.3) is 0 Å². The lowest BCUT2D eigenvalue weighted by molar-refractivity contribution is -0.130. The quantitative estimate of drug-likeness (QED) is 0.627. The maximum Gasteiger partial charge on any atom is 0.244 e. The van der Waals surface area contributed by atoms with Gasteiger partial charge in [-0.25, -0.2) is 4.99 Å². The lowest BCUT2D eigenvalue weighted by Crippen LogP contribution is -2.53. The van der Waals surface area contributed by atoms with Gasteiger partial charge in [-0.2, -0.15) is 0 Å². The molecule has 0 aromatic heterocycles. The molecular formula is C20H29N5O2. The molecule has 1 aromatic carbocycles. The van der Waals surface area contributed by atoms with Crippen molar-refractivity contribution < 1.29 is 9.59 Å². The average molecular weight is 371 g/mol. The van der Waals surface area contributed by atoms with Gasteiger partial charge in [-0.15, -0.1) is 0 Å². The van der Waals surface area contributed by atoms with Gasteiger partial charge in [0.1, 0.15) is 6.54 Å². The summed E-state index contributed by atoms with van der Waals surface area (Å²) in [6.45, 7) is 8.78. The SMILES string of the molecule is CCNC(=NCC(=O)N1CCc2ccccc2C1)N1CCN(C(C)=O)CC1. The summed E-state index contributed by atoms with van der Waals surface area (Å²) in [5, 5.41) is 3.27. The summed E-state index contributed by atoms with van der Waals surface area (Å²) < 4.78 is 0. The van der Waals surface area contributed by atoms with Crippen molar-refractivity contribution in [2.75, 3.05) is 45.8 Å². The number of carbonyl (C=O) groups excluding carboxylic acids is 2. The van der Waals surface area contributed by atoms with Crippen LogP contribution in [0.15, 0.2) is 29.3 Å². The zero-order chi connectivity index (χ0) is 19.2. The molecule has 27 heavy (non-hydrogen) atoms. The van der Waals surface area contributed by atoms with Crippen LogP contribution in [-0.4, -0.2) is 78.3 Å². The van der Waals surface area contributed by atoms with Crippen molar-refractivity contribution in [3.63, 3.8) is 0 Å². The summed E-state index contributed by atoms with van der Waals surface area (Å²) in [5.41, 5.74) is 2.56. The molecule has 0 radical (unpaired) electrons. The monoisotopic (exact) mass is 371 g/mol. The highest BCUT2D eigenvalue weighted by Gasteiger charge is 2.23. The largest absolute Gasteiger partial charge is 0.357 e. The molecule has 0 atom stereocenters. The number of nitrogens with one attached hydrogen (secondary N) is 1. The number of hydrogen-bond donors (Lipinski definition) is 1. The van der Waals surface area contributed by atoms with E-state index in [4.69, 9.17) is 0 Å².